The predicted molar refractivity (Wildman–Crippen MR) is 149 cm³/mol. The average Bonchev–Trinajstić information content (AvgIpc) is 3.00. The number of aliphatic carboxylic acids is 1. The van der Waals surface area contributed by atoms with Gasteiger partial charge in [0.2, 0.25) is 35.4 Å². The molecule has 0 aliphatic carbocycles. The molecule has 0 heterocycles. The van der Waals surface area contributed by atoms with Gasteiger partial charge in [-0.15, -0.1) is 0 Å². The number of hydrogen-bond acceptors (Lipinski definition) is 14. The Morgan fingerprint density at radius 3 is 1.00 bits per heavy atom. The number of amides is 6. The van der Waals surface area contributed by atoms with Crippen LogP contribution in [0.4, 0.5) is 0 Å². The maximum absolute atomic E-state index is 13.0. The van der Waals surface area contributed by atoms with Crippen LogP contribution >= 0.6 is 0 Å². The Morgan fingerprint density at radius 2 is 0.733 bits per heavy atom. The fraction of sp³-hybridized carbons (Fsp3) is 0.708. The molecule has 45 heavy (non-hydrogen) atoms. The maximum atomic E-state index is 13.0. The van der Waals surface area contributed by atoms with E-state index in [1.54, 1.807) is 13.8 Å². The van der Waals surface area contributed by atoms with Gasteiger partial charge in [-0.2, -0.15) is 0 Å². The van der Waals surface area contributed by atoms with Crippen LogP contribution in [0.2, 0.25) is 0 Å². The van der Waals surface area contributed by atoms with Crippen molar-refractivity contribution < 1.29 is 69.3 Å². The van der Waals surface area contributed by atoms with E-state index >= 15 is 0 Å². The Kier molecular flexibility index (Phi) is 19.0. The summed E-state index contributed by atoms with van der Waals surface area (Å²) >= 11 is 0. The summed E-state index contributed by atoms with van der Waals surface area (Å²) in [6, 6.07) is -11.4. The van der Waals surface area contributed by atoms with E-state index in [4.69, 9.17) is 21.1 Å². The molecule has 21 nitrogen and oxygen atoms in total. The molecule has 0 saturated carbocycles. The third-order valence-electron chi connectivity index (χ3n) is 5.93. The van der Waals surface area contributed by atoms with E-state index in [2.05, 4.69) is 16.0 Å². The molecule has 0 fully saturated rings. The summed E-state index contributed by atoms with van der Waals surface area (Å²) in [7, 11) is 0. The molecule has 0 radical (unpaired) electrons. The lowest BCUT2D eigenvalue weighted by Gasteiger charge is -2.26. The van der Waals surface area contributed by atoms with E-state index in [1.807, 2.05) is 16.0 Å². The molecule has 21 heteroatoms. The third-order valence-corrected chi connectivity index (χ3v) is 5.93. The second kappa shape index (κ2) is 20.9. The zero-order chi connectivity index (χ0) is 34.9. The molecule has 7 atom stereocenters. The van der Waals surface area contributed by atoms with Crippen LogP contribution in [0, 0.1) is 5.92 Å². The number of carboxylic acid groups (broad SMARTS) is 1. The van der Waals surface area contributed by atoms with E-state index in [0.29, 0.717) is 0 Å². The van der Waals surface area contributed by atoms with Crippen LogP contribution in [-0.4, -0.2) is 159 Å². The minimum Gasteiger partial charge on any atom is -0.480 e. The molecule has 0 unspecified atom stereocenters. The number of hydrogen-bond donors (Lipinski definition) is 14. The number of aliphatic hydroxyl groups is 6. The number of carbonyl (C=O) groups excluding carboxylic acids is 6. The normalized spacial score (nSPS) is 15.7. The van der Waals surface area contributed by atoms with E-state index < -0.39 is 123 Å². The molecule has 0 aromatic carbocycles. The van der Waals surface area contributed by atoms with E-state index in [-0.39, 0.29) is 12.3 Å². The first-order valence-corrected chi connectivity index (χ1v) is 13.6. The Balaban J connectivity index is 5.60. The van der Waals surface area contributed by atoms with Gasteiger partial charge in [0.05, 0.1) is 39.6 Å². The first kappa shape index (κ1) is 41.0. The lowest BCUT2D eigenvalue weighted by atomic mass is 10.0. The van der Waals surface area contributed by atoms with Crippen molar-refractivity contribution in [1.29, 1.82) is 0 Å². The molecular formula is C24H43N7O14. The fourth-order valence-electron chi connectivity index (χ4n) is 3.39. The molecule has 0 aromatic heterocycles. The van der Waals surface area contributed by atoms with Crippen molar-refractivity contribution in [3.8, 4) is 0 Å². The summed E-state index contributed by atoms with van der Waals surface area (Å²) in [5.74, 6) is -8.48. The molecule has 0 bridgehead atoms. The van der Waals surface area contributed by atoms with Gasteiger partial charge in [-0.25, -0.2) is 4.79 Å². The Hall–Kier alpha value is -3.99. The van der Waals surface area contributed by atoms with Crippen LogP contribution in [-0.2, 0) is 33.6 Å². The largest absolute Gasteiger partial charge is 0.480 e. The summed E-state index contributed by atoms with van der Waals surface area (Å²) in [5, 5.41) is 77.7. The number of rotatable bonds is 21. The Morgan fingerprint density at radius 1 is 0.467 bits per heavy atom. The molecular weight excluding hydrogens is 610 g/mol. The van der Waals surface area contributed by atoms with Gasteiger partial charge < -0.3 is 73.4 Å². The van der Waals surface area contributed by atoms with Crippen molar-refractivity contribution in [3.05, 3.63) is 0 Å². The van der Waals surface area contributed by atoms with Gasteiger partial charge in [-0.1, -0.05) is 13.8 Å². The highest BCUT2D eigenvalue weighted by atomic mass is 16.4. The van der Waals surface area contributed by atoms with Crippen molar-refractivity contribution >= 4 is 41.4 Å². The van der Waals surface area contributed by atoms with E-state index in [9.17, 15) is 54.0 Å². The second-order valence-electron chi connectivity index (χ2n) is 10.0. The van der Waals surface area contributed by atoms with Gasteiger partial charge in [0.1, 0.15) is 42.3 Å². The minimum atomic E-state index is -1.75. The summed E-state index contributed by atoms with van der Waals surface area (Å²) in [5.41, 5.74) is 5.34. The highest BCUT2D eigenvalue weighted by molar-refractivity contribution is 5.97. The van der Waals surface area contributed by atoms with Crippen molar-refractivity contribution in [3.63, 3.8) is 0 Å². The highest BCUT2D eigenvalue weighted by Gasteiger charge is 2.33. The first-order chi connectivity index (χ1) is 21.1. The fourth-order valence-corrected chi connectivity index (χ4v) is 3.39. The molecule has 15 N–H and O–H groups in total. The van der Waals surface area contributed by atoms with Crippen molar-refractivity contribution in [2.24, 2.45) is 11.7 Å². The predicted octanol–water partition coefficient (Wildman–Crippen LogP) is -8.69. The zero-order valence-corrected chi connectivity index (χ0v) is 24.6. The third kappa shape index (κ3) is 14.1. The number of carboxylic acids is 1. The number of nitrogens with two attached hydrogens (primary N) is 1. The summed E-state index contributed by atoms with van der Waals surface area (Å²) < 4.78 is 0. The summed E-state index contributed by atoms with van der Waals surface area (Å²) in [6.45, 7) is -2.43. The van der Waals surface area contributed by atoms with Crippen LogP contribution in [0.25, 0.3) is 0 Å². The van der Waals surface area contributed by atoms with Crippen LogP contribution in [0.1, 0.15) is 20.3 Å². The van der Waals surface area contributed by atoms with Crippen molar-refractivity contribution in [2.45, 2.75) is 62.6 Å². The number of carbonyl (C=O) groups is 7. The molecule has 0 aromatic rings. The smallest absolute Gasteiger partial charge is 0.328 e. The van der Waals surface area contributed by atoms with Crippen LogP contribution in [0.3, 0.4) is 0 Å². The van der Waals surface area contributed by atoms with Gasteiger partial charge in [0.25, 0.3) is 0 Å². The van der Waals surface area contributed by atoms with Gasteiger partial charge in [-0.05, 0) is 12.3 Å². The monoisotopic (exact) mass is 653 g/mol. The minimum absolute atomic E-state index is 0.0583. The summed E-state index contributed by atoms with van der Waals surface area (Å²) in [4.78, 5) is 86.2. The first-order valence-electron chi connectivity index (χ1n) is 13.6. The van der Waals surface area contributed by atoms with Gasteiger partial charge in [0.15, 0.2) is 0 Å². The lowest BCUT2D eigenvalue weighted by molar-refractivity contribution is -0.143. The van der Waals surface area contributed by atoms with E-state index in [1.165, 1.54) is 0 Å². The van der Waals surface area contributed by atoms with Gasteiger partial charge in [0, 0.05) is 0 Å². The summed E-state index contributed by atoms with van der Waals surface area (Å²) in [6.07, 6.45) is -0.0583. The lowest BCUT2D eigenvalue weighted by Crippen LogP contribution is -2.61. The van der Waals surface area contributed by atoms with Gasteiger partial charge >= 0.3 is 5.97 Å². The molecule has 0 aliphatic rings. The standard InChI is InChI=1S/C24H43N7O14/c1-10(2)3-12(26-20(40)14(6-34)29-21(41)13(5-33)27-18(38)11(25)4-32)19(39)28-15(7-35)22(42)30-16(8-36)23(43)31-17(9-37)24(44)45/h10-17,32-37H,3-9,25H2,1-2H3,(H,26,40)(H,27,38)(H,28,39)(H,29,41)(H,30,42)(H,31,43)(H,44,45)/t11-,12-,13-,14-,15-,16-,17-/m0/s1. The SMILES string of the molecule is CC(C)C[C@H](NC(=O)[C@H](CO)NC(=O)[C@H](CO)NC(=O)[C@@H](N)CO)C(=O)N[C@@H](CO)C(=O)N[C@@H](CO)C(=O)N[C@@H](CO)C(=O)O. The molecule has 258 valence electrons. The molecule has 0 rings (SSSR count). The van der Waals surface area contributed by atoms with Crippen molar-refractivity contribution in [2.75, 3.05) is 39.6 Å². The zero-order valence-electron chi connectivity index (χ0n) is 24.6. The van der Waals surface area contributed by atoms with E-state index in [0.717, 1.165) is 0 Å². The average molecular weight is 654 g/mol. The Bertz CT molecular complexity index is 1030. The number of aliphatic hydroxyl groups excluding tert-OH is 6. The molecule has 6 amide bonds. The van der Waals surface area contributed by atoms with Crippen LogP contribution in [0.5, 0.6) is 0 Å². The maximum Gasteiger partial charge on any atom is 0.328 e. The highest BCUT2D eigenvalue weighted by Crippen LogP contribution is 2.06. The molecule has 0 aliphatic heterocycles. The quantitative estimate of drug-likeness (QED) is 0.0547. The molecule has 0 saturated heterocycles. The van der Waals surface area contributed by atoms with Crippen LogP contribution in [0.15, 0.2) is 0 Å². The molecule has 0 spiro atoms. The number of nitrogens with one attached hydrogen (secondary N) is 6. The van der Waals surface area contributed by atoms with Gasteiger partial charge in [-0.3, -0.25) is 28.8 Å². The Labute approximate surface area is 256 Å². The topological polar surface area (TPSA) is 359 Å². The van der Waals surface area contributed by atoms with Crippen LogP contribution < -0.4 is 37.6 Å². The van der Waals surface area contributed by atoms with Crippen molar-refractivity contribution in [1.82, 2.24) is 31.9 Å². The second-order valence-corrected chi connectivity index (χ2v) is 10.0.